The molecule has 4 aliphatic carbocycles. The van der Waals surface area contributed by atoms with Crippen molar-refractivity contribution < 1.29 is 49.3 Å². The van der Waals surface area contributed by atoms with E-state index in [0.29, 0.717) is 25.7 Å². The average molecular weight is 539 g/mol. The molecule has 0 aromatic carbocycles. The van der Waals surface area contributed by atoms with Crippen LogP contribution < -0.4 is 0 Å². The van der Waals surface area contributed by atoms with Crippen LogP contribution in [0.25, 0.3) is 0 Å². The quantitative estimate of drug-likeness (QED) is 0.256. The lowest BCUT2D eigenvalue weighted by Crippen LogP contribution is -2.64. The van der Waals surface area contributed by atoms with Crippen LogP contribution >= 0.6 is 0 Å². The molecule has 10 heteroatoms. The lowest BCUT2D eigenvalue weighted by atomic mass is 9.40. The fourth-order valence-corrected chi connectivity index (χ4v) is 9.31. The Kier molecular flexibility index (Phi) is 7.01. The zero-order chi connectivity index (χ0) is 27.8. The van der Waals surface area contributed by atoms with Crippen LogP contribution in [0.2, 0.25) is 0 Å². The van der Waals surface area contributed by atoms with Crippen LogP contribution in [0.1, 0.15) is 65.7 Å². The van der Waals surface area contributed by atoms with Gasteiger partial charge in [0.15, 0.2) is 0 Å². The number of fused-ring (bicyclic) bond motifs is 3. The van der Waals surface area contributed by atoms with Crippen molar-refractivity contribution in [3.63, 3.8) is 0 Å². The van der Waals surface area contributed by atoms with Crippen molar-refractivity contribution >= 4 is 11.9 Å². The fraction of sp³-hybridized carbons (Fsp3) is 0.857. The first-order valence-corrected chi connectivity index (χ1v) is 13.8. The standard InChI is InChI=1S/C28H42O10/c1-13-15-10-16(30)22-26(3)7-5-8-27(4,18(26)6-9-28(22,11-15)23(13)34)25(35)38-24-21(33)20(32)19(31)17(37-24)12-36-14(2)29/h15-24,30-34H,1,5-12H2,2-4H3. The predicted molar refractivity (Wildman–Crippen MR) is 132 cm³/mol. The highest BCUT2D eigenvalue weighted by molar-refractivity contribution is 5.77. The Hall–Kier alpha value is -1.56. The van der Waals surface area contributed by atoms with Crippen molar-refractivity contribution in [3.05, 3.63) is 12.2 Å². The van der Waals surface area contributed by atoms with E-state index in [9.17, 15) is 35.1 Å². The molecule has 5 N–H and O–H groups in total. The van der Waals surface area contributed by atoms with Gasteiger partial charge >= 0.3 is 11.9 Å². The lowest BCUT2D eigenvalue weighted by molar-refractivity contribution is -0.299. The van der Waals surface area contributed by atoms with Crippen molar-refractivity contribution in [1.29, 1.82) is 0 Å². The van der Waals surface area contributed by atoms with E-state index in [-0.39, 0.29) is 24.4 Å². The second-order valence-corrected chi connectivity index (χ2v) is 13.0. The zero-order valence-electron chi connectivity index (χ0n) is 22.4. The normalized spacial score (nSPS) is 52.1. The molecule has 10 nitrogen and oxygen atoms in total. The van der Waals surface area contributed by atoms with Crippen LogP contribution in [0.4, 0.5) is 0 Å². The molecule has 5 fully saturated rings. The number of hydrogen-bond acceptors (Lipinski definition) is 10. The third kappa shape index (κ3) is 3.97. The molecule has 13 atom stereocenters. The first kappa shape index (κ1) is 28.0. The molecule has 4 saturated carbocycles. The highest BCUT2D eigenvalue weighted by Gasteiger charge is 2.70. The number of hydrogen-bond donors (Lipinski definition) is 5. The van der Waals surface area contributed by atoms with E-state index in [2.05, 4.69) is 13.5 Å². The summed E-state index contributed by atoms with van der Waals surface area (Å²) in [6.45, 7) is 8.96. The van der Waals surface area contributed by atoms with Gasteiger partial charge in [-0.05, 0) is 74.2 Å². The van der Waals surface area contributed by atoms with Gasteiger partial charge in [0, 0.05) is 12.3 Å². The van der Waals surface area contributed by atoms with Crippen molar-refractivity contribution in [1.82, 2.24) is 0 Å². The molecule has 0 amide bonds. The third-order valence-electron chi connectivity index (χ3n) is 11.0. The summed E-state index contributed by atoms with van der Waals surface area (Å²) in [5.74, 6) is -1.41. The molecule has 214 valence electrons. The molecule has 38 heavy (non-hydrogen) atoms. The molecular formula is C28H42O10. The Morgan fingerprint density at radius 2 is 1.76 bits per heavy atom. The number of aliphatic hydroxyl groups excluding tert-OH is 5. The van der Waals surface area contributed by atoms with E-state index < -0.39 is 71.1 Å². The second-order valence-electron chi connectivity index (χ2n) is 13.0. The summed E-state index contributed by atoms with van der Waals surface area (Å²) in [4.78, 5) is 25.1. The highest BCUT2D eigenvalue weighted by atomic mass is 16.7. The topological polar surface area (TPSA) is 163 Å². The second kappa shape index (κ2) is 9.52. The summed E-state index contributed by atoms with van der Waals surface area (Å²) in [6, 6.07) is 0. The van der Waals surface area contributed by atoms with Crippen molar-refractivity contribution in [2.45, 2.75) is 109 Å². The summed E-state index contributed by atoms with van der Waals surface area (Å²) in [5.41, 5.74) is -1.01. The van der Waals surface area contributed by atoms with Crippen LogP contribution in [0.5, 0.6) is 0 Å². The van der Waals surface area contributed by atoms with Gasteiger partial charge in [0.05, 0.1) is 17.6 Å². The van der Waals surface area contributed by atoms with Gasteiger partial charge in [0.2, 0.25) is 6.29 Å². The van der Waals surface area contributed by atoms with E-state index in [0.717, 1.165) is 24.8 Å². The number of esters is 2. The Labute approximate surface area is 223 Å². The van der Waals surface area contributed by atoms with Gasteiger partial charge in [-0.25, -0.2) is 0 Å². The molecular weight excluding hydrogens is 496 g/mol. The number of rotatable bonds is 4. The molecule has 1 heterocycles. The Morgan fingerprint density at radius 1 is 1.05 bits per heavy atom. The van der Waals surface area contributed by atoms with Crippen LogP contribution in [0.3, 0.4) is 0 Å². The van der Waals surface area contributed by atoms with Gasteiger partial charge in [-0.15, -0.1) is 0 Å². The zero-order valence-corrected chi connectivity index (χ0v) is 22.4. The summed E-state index contributed by atoms with van der Waals surface area (Å²) in [5, 5.41) is 53.8. The van der Waals surface area contributed by atoms with Gasteiger partial charge < -0.3 is 39.7 Å². The van der Waals surface area contributed by atoms with Gasteiger partial charge in [0.1, 0.15) is 31.0 Å². The summed E-state index contributed by atoms with van der Waals surface area (Å²) in [6.07, 6.45) is -4.08. The van der Waals surface area contributed by atoms with Crippen molar-refractivity contribution in [3.8, 4) is 0 Å². The maximum atomic E-state index is 13.8. The molecule has 0 aromatic rings. The first-order valence-electron chi connectivity index (χ1n) is 13.8. The number of carbonyl (C=O) groups excluding carboxylic acids is 2. The van der Waals surface area contributed by atoms with Gasteiger partial charge in [-0.3, -0.25) is 9.59 Å². The molecule has 5 rings (SSSR count). The maximum absolute atomic E-state index is 13.8. The van der Waals surface area contributed by atoms with E-state index >= 15 is 0 Å². The molecule has 0 aromatic heterocycles. The molecule has 1 spiro atoms. The van der Waals surface area contributed by atoms with E-state index in [1.54, 1.807) is 0 Å². The van der Waals surface area contributed by atoms with Gasteiger partial charge in [-0.1, -0.05) is 19.9 Å². The monoisotopic (exact) mass is 538 g/mol. The number of carbonyl (C=O) groups is 2. The average Bonchev–Trinajstić information content (AvgIpc) is 3.03. The molecule has 0 radical (unpaired) electrons. The van der Waals surface area contributed by atoms with E-state index in [1.807, 2.05) is 6.92 Å². The first-order chi connectivity index (χ1) is 17.8. The summed E-state index contributed by atoms with van der Waals surface area (Å²) < 4.78 is 16.2. The largest absolute Gasteiger partial charge is 0.463 e. The maximum Gasteiger partial charge on any atom is 0.314 e. The highest BCUT2D eigenvalue weighted by Crippen LogP contribution is 2.72. The van der Waals surface area contributed by atoms with Crippen molar-refractivity contribution in [2.75, 3.05) is 6.61 Å². The Morgan fingerprint density at radius 3 is 2.45 bits per heavy atom. The minimum Gasteiger partial charge on any atom is -0.463 e. The SMILES string of the molecule is C=C1C2CC(O)C3C4(C)CCCC(C)(C(=O)OC5OC(COC(C)=O)C(O)C(O)C5O)C4CCC3(C2)C1O. The Balaban J connectivity index is 1.38. The van der Waals surface area contributed by atoms with Crippen LogP contribution in [0.15, 0.2) is 12.2 Å². The molecule has 5 aliphatic rings. The molecule has 2 bridgehead atoms. The molecule has 1 saturated heterocycles. The van der Waals surface area contributed by atoms with E-state index in [1.165, 1.54) is 6.92 Å². The molecule has 1 aliphatic heterocycles. The lowest BCUT2D eigenvalue weighted by Gasteiger charge is -2.64. The number of ether oxygens (including phenoxy) is 3. The third-order valence-corrected chi connectivity index (χ3v) is 11.0. The predicted octanol–water partition coefficient (Wildman–Crippen LogP) is 0.811. The minimum atomic E-state index is -1.69. The van der Waals surface area contributed by atoms with Crippen LogP contribution in [-0.4, -0.2) is 87.0 Å². The minimum absolute atomic E-state index is 0.114. The number of aliphatic hydroxyl groups is 5. The van der Waals surface area contributed by atoms with E-state index in [4.69, 9.17) is 14.2 Å². The van der Waals surface area contributed by atoms with Crippen LogP contribution in [0, 0.1) is 34.0 Å². The van der Waals surface area contributed by atoms with Crippen molar-refractivity contribution in [2.24, 2.45) is 34.0 Å². The Bertz CT molecular complexity index is 985. The van der Waals surface area contributed by atoms with Gasteiger partial charge in [-0.2, -0.15) is 0 Å². The summed E-state index contributed by atoms with van der Waals surface area (Å²) in [7, 11) is 0. The fourth-order valence-electron chi connectivity index (χ4n) is 9.31. The molecule has 13 unspecified atom stereocenters. The van der Waals surface area contributed by atoms with Gasteiger partial charge in [0.25, 0.3) is 0 Å². The smallest absolute Gasteiger partial charge is 0.314 e. The summed E-state index contributed by atoms with van der Waals surface area (Å²) >= 11 is 0. The van der Waals surface area contributed by atoms with Crippen LogP contribution in [-0.2, 0) is 23.8 Å².